The average Bonchev–Trinajstić information content (AvgIpc) is 3.31. The first-order valence-electron chi connectivity index (χ1n) is 7.21. The second-order valence-corrected chi connectivity index (χ2v) is 5.29. The van der Waals surface area contributed by atoms with Crippen molar-refractivity contribution in [1.29, 1.82) is 0 Å². The zero-order chi connectivity index (χ0) is 15.5. The lowest BCUT2D eigenvalue weighted by atomic mass is 10.3. The topological polar surface area (TPSA) is 76.1 Å². The van der Waals surface area contributed by atoms with Crippen LogP contribution in [0.1, 0.15) is 29.2 Å². The van der Waals surface area contributed by atoms with E-state index in [1.165, 1.54) is 0 Å². The summed E-state index contributed by atoms with van der Waals surface area (Å²) < 4.78 is 5.13. The van der Waals surface area contributed by atoms with Gasteiger partial charge in [-0.15, -0.1) is 0 Å². The van der Waals surface area contributed by atoms with E-state index in [1.54, 1.807) is 20.1 Å². The van der Waals surface area contributed by atoms with E-state index >= 15 is 0 Å². The molecule has 114 valence electrons. The summed E-state index contributed by atoms with van der Waals surface area (Å²) in [6, 6.07) is 9.46. The number of carbonyl (C=O) groups excluding carboxylic acids is 1. The number of nitrogens with zero attached hydrogens (tertiary/aromatic N) is 2. The molecular weight excluding hydrogens is 280 g/mol. The molecule has 1 aromatic heterocycles. The number of hydrogen-bond acceptors (Lipinski definition) is 5. The average molecular weight is 298 g/mol. The molecule has 3 rings (SSSR count). The molecule has 0 spiro atoms. The second kappa shape index (κ2) is 6.01. The lowest BCUT2D eigenvalue weighted by molar-refractivity contribution is 0.0945. The molecule has 0 saturated heterocycles. The molecular formula is C16H18N4O2. The largest absolute Gasteiger partial charge is 0.497 e. The normalized spacial score (nSPS) is 13.5. The number of carbonyl (C=O) groups is 1. The van der Waals surface area contributed by atoms with Gasteiger partial charge in [-0.05, 0) is 44.0 Å². The van der Waals surface area contributed by atoms with Crippen LogP contribution in [-0.4, -0.2) is 29.0 Å². The van der Waals surface area contributed by atoms with Gasteiger partial charge in [0.2, 0.25) is 0 Å². The third-order valence-electron chi connectivity index (χ3n) is 3.35. The van der Waals surface area contributed by atoms with Crippen LogP contribution in [0.2, 0.25) is 0 Å². The number of hydrogen-bond donors (Lipinski definition) is 2. The molecule has 1 aromatic carbocycles. The van der Waals surface area contributed by atoms with Crippen molar-refractivity contribution in [3.63, 3.8) is 0 Å². The van der Waals surface area contributed by atoms with Gasteiger partial charge in [0.1, 0.15) is 23.1 Å². The predicted molar refractivity (Wildman–Crippen MR) is 83.5 cm³/mol. The van der Waals surface area contributed by atoms with Crippen molar-refractivity contribution < 1.29 is 9.53 Å². The van der Waals surface area contributed by atoms with Gasteiger partial charge in [0.15, 0.2) is 0 Å². The van der Waals surface area contributed by atoms with Crippen molar-refractivity contribution in [2.45, 2.75) is 25.8 Å². The quantitative estimate of drug-likeness (QED) is 0.886. The number of anilines is 2. The van der Waals surface area contributed by atoms with E-state index < -0.39 is 0 Å². The number of ether oxygens (including phenoxy) is 1. The standard InChI is InChI=1S/C16H18N4O2/c1-10-17-14(16(21)20-12-3-4-12)9-15(18-10)19-11-5-7-13(22-2)8-6-11/h5-9,12H,3-4H2,1-2H3,(H,20,21)(H,17,18,19). The van der Waals surface area contributed by atoms with Crippen LogP contribution in [-0.2, 0) is 0 Å². The highest BCUT2D eigenvalue weighted by molar-refractivity contribution is 5.93. The Morgan fingerprint density at radius 3 is 2.59 bits per heavy atom. The van der Waals surface area contributed by atoms with Crippen molar-refractivity contribution in [2.75, 3.05) is 12.4 Å². The smallest absolute Gasteiger partial charge is 0.270 e. The van der Waals surface area contributed by atoms with Gasteiger partial charge in [0, 0.05) is 17.8 Å². The highest BCUT2D eigenvalue weighted by atomic mass is 16.5. The minimum absolute atomic E-state index is 0.147. The summed E-state index contributed by atoms with van der Waals surface area (Å²) in [5.41, 5.74) is 1.25. The molecule has 0 aliphatic heterocycles. The maximum Gasteiger partial charge on any atom is 0.270 e. The zero-order valence-electron chi connectivity index (χ0n) is 12.6. The van der Waals surface area contributed by atoms with Crippen LogP contribution >= 0.6 is 0 Å². The molecule has 1 saturated carbocycles. The van der Waals surface area contributed by atoms with Crippen molar-refractivity contribution in [1.82, 2.24) is 15.3 Å². The molecule has 1 fully saturated rings. The Hall–Kier alpha value is -2.63. The van der Waals surface area contributed by atoms with Crippen molar-refractivity contribution in [3.05, 3.63) is 41.9 Å². The van der Waals surface area contributed by atoms with Gasteiger partial charge in [-0.1, -0.05) is 0 Å². The molecule has 0 atom stereocenters. The summed E-state index contributed by atoms with van der Waals surface area (Å²) >= 11 is 0. The van der Waals surface area contributed by atoms with Gasteiger partial charge in [-0.2, -0.15) is 0 Å². The summed E-state index contributed by atoms with van der Waals surface area (Å²) in [4.78, 5) is 20.6. The number of aryl methyl sites for hydroxylation is 1. The Kier molecular flexibility index (Phi) is 3.91. The van der Waals surface area contributed by atoms with Crippen LogP contribution in [0.5, 0.6) is 5.75 Å². The van der Waals surface area contributed by atoms with E-state index in [9.17, 15) is 4.79 Å². The van der Waals surface area contributed by atoms with E-state index in [-0.39, 0.29) is 5.91 Å². The number of nitrogens with one attached hydrogen (secondary N) is 2. The van der Waals surface area contributed by atoms with E-state index in [0.29, 0.717) is 23.4 Å². The highest BCUT2D eigenvalue weighted by Gasteiger charge is 2.24. The van der Waals surface area contributed by atoms with Crippen LogP contribution < -0.4 is 15.4 Å². The molecule has 2 aromatic rings. The third kappa shape index (κ3) is 3.52. The van der Waals surface area contributed by atoms with Crippen LogP contribution in [0.3, 0.4) is 0 Å². The Bertz CT molecular complexity index is 681. The predicted octanol–water partition coefficient (Wildman–Crippen LogP) is 2.43. The summed E-state index contributed by atoms with van der Waals surface area (Å²) in [5.74, 6) is 1.79. The second-order valence-electron chi connectivity index (χ2n) is 5.29. The van der Waals surface area contributed by atoms with Crippen LogP contribution in [0.25, 0.3) is 0 Å². The fraction of sp³-hybridized carbons (Fsp3) is 0.312. The molecule has 2 N–H and O–H groups in total. The lowest BCUT2D eigenvalue weighted by Gasteiger charge is -2.09. The first-order valence-corrected chi connectivity index (χ1v) is 7.21. The van der Waals surface area contributed by atoms with Gasteiger partial charge in [-0.3, -0.25) is 4.79 Å². The first kappa shape index (κ1) is 14.3. The lowest BCUT2D eigenvalue weighted by Crippen LogP contribution is -2.26. The van der Waals surface area contributed by atoms with Gasteiger partial charge < -0.3 is 15.4 Å². The van der Waals surface area contributed by atoms with Crippen LogP contribution in [0.4, 0.5) is 11.5 Å². The van der Waals surface area contributed by atoms with Crippen molar-refractivity contribution in [2.24, 2.45) is 0 Å². The van der Waals surface area contributed by atoms with Gasteiger partial charge in [0.25, 0.3) is 5.91 Å². The maximum absolute atomic E-state index is 12.1. The molecule has 0 bridgehead atoms. The summed E-state index contributed by atoms with van der Waals surface area (Å²) in [6.45, 7) is 1.77. The number of amides is 1. The van der Waals surface area contributed by atoms with Gasteiger partial charge in [0.05, 0.1) is 7.11 Å². The SMILES string of the molecule is COc1ccc(Nc2cc(C(=O)NC3CC3)nc(C)n2)cc1. The molecule has 6 heteroatoms. The Balaban J connectivity index is 1.77. The Morgan fingerprint density at radius 2 is 1.95 bits per heavy atom. The first-order chi connectivity index (χ1) is 10.6. The van der Waals surface area contributed by atoms with Crippen LogP contribution in [0.15, 0.2) is 30.3 Å². The minimum Gasteiger partial charge on any atom is -0.497 e. The Labute approximate surface area is 128 Å². The van der Waals surface area contributed by atoms with Crippen molar-refractivity contribution >= 4 is 17.4 Å². The Morgan fingerprint density at radius 1 is 1.23 bits per heavy atom. The minimum atomic E-state index is -0.147. The monoisotopic (exact) mass is 298 g/mol. The fourth-order valence-corrected chi connectivity index (χ4v) is 2.06. The maximum atomic E-state index is 12.1. The van der Waals surface area contributed by atoms with Gasteiger partial charge >= 0.3 is 0 Å². The van der Waals surface area contributed by atoms with Gasteiger partial charge in [-0.25, -0.2) is 9.97 Å². The van der Waals surface area contributed by atoms with E-state index in [1.807, 2.05) is 24.3 Å². The molecule has 1 amide bonds. The fourth-order valence-electron chi connectivity index (χ4n) is 2.06. The number of rotatable bonds is 5. The molecule has 22 heavy (non-hydrogen) atoms. The van der Waals surface area contributed by atoms with E-state index in [0.717, 1.165) is 24.3 Å². The highest BCUT2D eigenvalue weighted by Crippen LogP contribution is 2.21. The molecule has 1 heterocycles. The van der Waals surface area contributed by atoms with E-state index in [4.69, 9.17) is 4.74 Å². The van der Waals surface area contributed by atoms with Crippen molar-refractivity contribution in [3.8, 4) is 5.75 Å². The summed E-state index contributed by atoms with van der Waals surface area (Å²) in [5, 5.41) is 6.10. The number of methoxy groups -OCH3 is 1. The molecule has 0 radical (unpaired) electrons. The zero-order valence-corrected chi connectivity index (χ0v) is 12.6. The number of aromatic nitrogens is 2. The molecule has 1 aliphatic carbocycles. The summed E-state index contributed by atoms with van der Waals surface area (Å²) in [7, 11) is 1.63. The van der Waals surface area contributed by atoms with E-state index in [2.05, 4.69) is 20.6 Å². The summed E-state index contributed by atoms with van der Waals surface area (Å²) in [6.07, 6.45) is 2.10. The van der Waals surface area contributed by atoms with Crippen LogP contribution in [0, 0.1) is 6.92 Å². The molecule has 1 aliphatic rings. The third-order valence-corrected chi connectivity index (χ3v) is 3.35. The molecule has 0 unspecified atom stereocenters. The molecule has 6 nitrogen and oxygen atoms in total. The number of benzene rings is 1.